The molecular formula is C12H13N5O2S. The Morgan fingerprint density at radius 2 is 2.40 bits per heavy atom. The minimum Gasteiger partial charge on any atom is -0.471 e. The number of nitrogens with zero attached hydrogens (tertiary/aromatic N) is 5. The van der Waals surface area contributed by atoms with Crippen molar-refractivity contribution in [3.8, 4) is 5.88 Å². The van der Waals surface area contributed by atoms with E-state index in [1.165, 1.54) is 0 Å². The van der Waals surface area contributed by atoms with Crippen LogP contribution in [0.5, 0.6) is 5.88 Å². The van der Waals surface area contributed by atoms with Gasteiger partial charge in [0, 0.05) is 25.4 Å². The molecule has 104 valence electrons. The number of carbonyl (C=O) groups excluding carboxylic acids is 1. The number of likely N-dealkylation sites (tertiary alicyclic amines) is 1. The topological polar surface area (TPSA) is 81.1 Å². The molecule has 1 aliphatic heterocycles. The van der Waals surface area contributed by atoms with Crippen LogP contribution in [0.25, 0.3) is 0 Å². The number of hydrogen-bond donors (Lipinski definition) is 0. The van der Waals surface area contributed by atoms with Gasteiger partial charge in [-0.25, -0.2) is 4.98 Å². The van der Waals surface area contributed by atoms with Crippen molar-refractivity contribution < 1.29 is 9.53 Å². The predicted octanol–water partition coefficient (Wildman–Crippen LogP) is 0.930. The molecule has 2 aromatic rings. The molecule has 1 atom stereocenters. The Hall–Kier alpha value is -2.09. The Kier molecular flexibility index (Phi) is 3.55. The molecule has 0 aromatic carbocycles. The SMILES string of the molecule is Cc1nnsc1C(=O)N1CC[C@H](Oc2cnccn2)C1. The molecule has 0 N–H and O–H groups in total. The Labute approximate surface area is 119 Å². The van der Waals surface area contributed by atoms with Crippen LogP contribution in [0.2, 0.25) is 0 Å². The summed E-state index contributed by atoms with van der Waals surface area (Å²) in [5, 5.41) is 3.87. The Morgan fingerprint density at radius 3 is 3.10 bits per heavy atom. The second kappa shape index (κ2) is 5.49. The quantitative estimate of drug-likeness (QED) is 0.837. The molecule has 1 saturated heterocycles. The lowest BCUT2D eigenvalue weighted by Crippen LogP contribution is -2.30. The summed E-state index contributed by atoms with van der Waals surface area (Å²) in [6.07, 6.45) is 5.49. The monoisotopic (exact) mass is 291 g/mol. The largest absolute Gasteiger partial charge is 0.471 e. The lowest BCUT2D eigenvalue weighted by atomic mass is 10.3. The maximum Gasteiger partial charge on any atom is 0.267 e. The molecular weight excluding hydrogens is 278 g/mol. The summed E-state index contributed by atoms with van der Waals surface area (Å²) in [6.45, 7) is 3.01. The van der Waals surface area contributed by atoms with Gasteiger partial charge >= 0.3 is 0 Å². The molecule has 8 heteroatoms. The Morgan fingerprint density at radius 1 is 1.50 bits per heavy atom. The normalized spacial score (nSPS) is 18.2. The molecule has 1 fully saturated rings. The number of carbonyl (C=O) groups is 1. The van der Waals surface area contributed by atoms with Gasteiger partial charge in [0.05, 0.1) is 18.4 Å². The maximum atomic E-state index is 12.3. The van der Waals surface area contributed by atoms with E-state index in [9.17, 15) is 4.79 Å². The molecule has 0 saturated carbocycles. The van der Waals surface area contributed by atoms with Gasteiger partial charge in [-0.1, -0.05) is 4.49 Å². The van der Waals surface area contributed by atoms with E-state index in [0.717, 1.165) is 18.0 Å². The van der Waals surface area contributed by atoms with Crippen LogP contribution >= 0.6 is 11.5 Å². The minimum absolute atomic E-state index is 0.0252. The molecule has 2 aromatic heterocycles. The molecule has 0 radical (unpaired) electrons. The lowest BCUT2D eigenvalue weighted by molar-refractivity contribution is 0.0775. The summed E-state index contributed by atoms with van der Waals surface area (Å²) < 4.78 is 9.50. The van der Waals surface area contributed by atoms with E-state index >= 15 is 0 Å². The first-order valence-electron chi connectivity index (χ1n) is 6.25. The Balaban J connectivity index is 1.62. The molecule has 3 heterocycles. The highest BCUT2D eigenvalue weighted by Gasteiger charge is 2.30. The third-order valence-electron chi connectivity index (χ3n) is 3.10. The van der Waals surface area contributed by atoms with Gasteiger partial charge in [-0.3, -0.25) is 9.78 Å². The summed E-state index contributed by atoms with van der Waals surface area (Å²) in [5.41, 5.74) is 0.679. The fourth-order valence-corrected chi connectivity index (χ4v) is 2.72. The van der Waals surface area contributed by atoms with Crippen molar-refractivity contribution in [3.63, 3.8) is 0 Å². The van der Waals surface area contributed by atoms with E-state index in [0.29, 0.717) is 29.5 Å². The summed E-state index contributed by atoms with van der Waals surface area (Å²) in [7, 11) is 0. The first kappa shape index (κ1) is 12.9. The van der Waals surface area contributed by atoms with E-state index in [1.807, 2.05) is 0 Å². The van der Waals surface area contributed by atoms with Gasteiger partial charge in [-0.15, -0.1) is 5.10 Å². The van der Waals surface area contributed by atoms with E-state index in [4.69, 9.17) is 4.74 Å². The smallest absolute Gasteiger partial charge is 0.267 e. The predicted molar refractivity (Wildman–Crippen MR) is 71.6 cm³/mol. The molecule has 3 rings (SSSR count). The number of amides is 1. The first-order valence-corrected chi connectivity index (χ1v) is 7.02. The van der Waals surface area contributed by atoms with Gasteiger partial charge in [0.15, 0.2) is 0 Å². The van der Waals surface area contributed by atoms with Crippen molar-refractivity contribution >= 4 is 17.4 Å². The van der Waals surface area contributed by atoms with Gasteiger partial charge in [0.25, 0.3) is 5.91 Å². The average Bonchev–Trinajstić information content (AvgIpc) is 3.08. The highest BCUT2D eigenvalue weighted by atomic mass is 32.1. The van der Waals surface area contributed by atoms with Crippen LogP contribution in [-0.4, -0.2) is 49.6 Å². The van der Waals surface area contributed by atoms with Gasteiger partial charge in [-0.05, 0) is 18.5 Å². The zero-order valence-corrected chi connectivity index (χ0v) is 11.7. The van der Waals surface area contributed by atoms with E-state index < -0.39 is 0 Å². The fraction of sp³-hybridized carbons (Fsp3) is 0.417. The van der Waals surface area contributed by atoms with Crippen LogP contribution in [-0.2, 0) is 0 Å². The van der Waals surface area contributed by atoms with Crippen molar-refractivity contribution in [2.75, 3.05) is 13.1 Å². The third kappa shape index (κ3) is 2.60. The van der Waals surface area contributed by atoms with Gasteiger partial charge in [0.1, 0.15) is 11.0 Å². The lowest BCUT2D eigenvalue weighted by Gasteiger charge is -2.15. The number of aromatic nitrogens is 4. The Bertz CT molecular complexity index is 603. The molecule has 0 spiro atoms. The second-order valence-corrected chi connectivity index (χ2v) is 5.26. The number of rotatable bonds is 3. The van der Waals surface area contributed by atoms with Crippen molar-refractivity contribution in [1.29, 1.82) is 0 Å². The highest BCUT2D eigenvalue weighted by molar-refractivity contribution is 7.07. The van der Waals surface area contributed by atoms with Crippen LogP contribution in [0.1, 0.15) is 21.8 Å². The van der Waals surface area contributed by atoms with Crippen LogP contribution in [0.3, 0.4) is 0 Å². The van der Waals surface area contributed by atoms with Crippen LogP contribution < -0.4 is 4.74 Å². The van der Waals surface area contributed by atoms with Crippen molar-refractivity contribution in [3.05, 3.63) is 29.2 Å². The molecule has 20 heavy (non-hydrogen) atoms. The number of ether oxygens (including phenoxy) is 1. The van der Waals surface area contributed by atoms with Gasteiger partial charge < -0.3 is 9.64 Å². The van der Waals surface area contributed by atoms with Crippen molar-refractivity contribution in [2.45, 2.75) is 19.4 Å². The van der Waals surface area contributed by atoms with Gasteiger partial charge in [0.2, 0.25) is 5.88 Å². The standard InChI is InChI=1S/C12H13N5O2S/c1-8-11(20-16-15-8)12(18)17-5-2-9(7-17)19-10-6-13-3-4-14-10/h3-4,6,9H,2,5,7H2,1H3/t9-/m0/s1. The average molecular weight is 291 g/mol. The maximum absolute atomic E-state index is 12.3. The fourth-order valence-electron chi connectivity index (χ4n) is 2.10. The summed E-state index contributed by atoms with van der Waals surface area (Å²) in [6, 6.07) is 0. The highest BCUT2D eigenvalue weighted by Crippen LogP contribution is 2.20. The zero-order chi connectivity index (χ0) is 13.9. The molecule has 0 aliphatic carbocycles. The van der Waals surface area contributed by atoms with Gasteiger partial charge in [-0.2, -0.15) is 0 Å². The summed E-state index contributed by atoms with van der Waals surface area (Å²) in [4.78, 5) is 22.7. The van der Waals surface area contributed by atoms with Crippen LogP contribution in [0, 0.1) is 6.92 Å². The molecule has 0 bridgehead atoms. The molecule has 1 aliphatic rings. The van der Waals surface area contributed by atoms with Crippen LogP contribution in [0.4, 0.5) is 0 Å². The van der Waals surface area contributed by atoms with Crippen molar-refractivity contribution in [2.24, 2.45) is 0 Å². The van der Waals surface area contributed by atoms with E-state index in [-0.39, 0.29) is 12.0 Å². The number of hydrogen-bond acceptors (Lipinski definition) is 7. The van der Waals surface area contributed by atoms with Crippen molar-refractivity contribution in [1.82, 2.24) is 24.5 Å². The molecule has 0 unspecified atom stereocenters. The number of aryl methyl sites for hydroxylation is 1. The molecule has 1 amide bonds. The van der Waals surface area contributed by atoms with Crippen LogP contribution in [0.15, 0.2) is 18.6 Å². The molecule has 7 nitrogen and oxygen atoms in total. The zero-order valence-electron chi connectivity index (χ0n) is 10.9. The second-order valence-electron chi connectivity index (χ2n) is 4.51. The third-order valence-corrected chi connectivity index (χ3v) is 3.92. The van der Waals surface area contributed by atoms with E-state index in [1.54, 1.807) is 30.4 Å². The minimum atomic E-state index is -0.0446. The summed E-state index contributed by atoms with van der Waals surface area (Å²) >= 11 is 1.13. The van der Waals surface area contributed by atoms with E-state index in [2.05, 4.69) is 19.6 Å². The summed E-state index contributed by atoms with van der Waals surface area (Å²) in [5.74, 6) is 0.463. The first-order chi connectivity index (χ1) is 9.74.